The number of nitriles is 1. The average molecular weight is 178 g/mol. The highest BCUT2D eigenvalue weighted by Gasteiger charge is 2.25. The molecule has 0 radical (unpaired) electrons. The molecule has 0 aromatic heterocycles. The third-order valence-corrected chi connectivity index (χ3v) is 1.86. The van der Waals surface area contributed by atoms with E-state index in [2.05, 4.69) is 0 Å². The van der Waals surface area contributed by atoms with Gasteiger partial charge in [0, 0.05) is 0 Å². The van der Waals surface area contributed by atoms with Gasteiger partial charge in [0.25, 0.3) is 0 Å². The van der Waals surface area contributed by atoms with Gasteiger partial charge in [0.1, 0.15) is 5.76 Å². The molecule has 1 aliphatic carbocycles. The predicted octanol–water partition coefficient (Wildman–Crippen LogP) is 0.607. The zero-order valence-corrected chi connectivity index (χ0v) is 7.19. The molecule has 0 spiro atoms. The largest absolute Gasteiger partial charge is 0.495 e. The second-order valence-corrected chi connectivity index (χ2v) is 2.63. The third kappa shape index (κ3) is 1.76. The second-order valence-electron chi connectivity index (χ2n) is 2.63. The van der Waals surface area contributed by atoms with E-state index in [9.17, 15) is 5.11 Å². The Labute approximate surface area is 76.3 Å². The molecule has 4 nitrogen and oxygen atoms in total. The van der Waals surface area contributed by atoms with Gasteiger partial charge in [-0.25, -0.2) is 0 Å². The van der Waals surface area contributed by atoms with Crippen LogP contribution in [0.4, 0.5) is 0 Å². The fraction of sp³-hybridized carbons (Fsp3) is 0.333. The number of methoxy groups -OCH3 is 1. The Morgan fingerprint density at radius 2 is 2.46 bits per heavy atom. The SMILES string of the molecule is COC1=CC=CC(C(O)C#N)C1=N. The summed E-state index contributed by atoms with van der Waals surface area (Å²) in [6, 6.07) is 1.69. The molecule has 68 valence electrons. The van der Waals surface area contributed by atoms with E-state index < -0.39 is 12.0 Å². The first kappa shape index (κ1) is 9.49. The molecule has 1 rings (SSSR count). The lowest BCUT2D eigenvalue weighted by Gasteiger charge is -2.19. The van der Waals surface area contributed by atoms with Crippen molar-refractivity contribution < 1.29 is 9.84 Å². The van der Waals surface area contributed by atoms with Gasteiger partial charge < -0.3 is 15.3 Å². The maximum absolute atomic E-state index is 9.23. The van der Waals surface area contributed by atoms with E-state index in [0.29, 0.717) is 5.76 Å². The van der Waals surface area contributed by atoms with E-state index in [1.165, 1.54) is 7.11 Å². The molecular weight excluding hydrogens is 168 g/mol. The van der Waals surface area contributed by atoms with Gasteiger partial charge in [0.2, 0.25) is 0 Å². The Hall–Kier alpha value is -1.60. The number of nitrogens with one attached hydrogen (secondary N) is 1. The first-order valence-corrected chi connectivity index (χ1v) is 3.79. The Balaban J connectivity index is 2.85. The standard InChI is InChI=1S/C9H10N2O2/c1-13-8-4-2-3-6(9(8)11)7(12)5-10/h2-4,6-7,11-12H,1H3. The van der Waals surface area contributed by atoms with Crippen molar-refractivity contribution in [2.45, 2.75) is 6.10 Å². The molecule has 1 aliphatic rings. The summed E-state index contributed by atoms with van der Waals surface area (Å²) in [5, 5.41) is 25.3. The molecule has 2 N–H and O–H groups in total. The van der Waals surface area contributed by atoms with Gasteiger partial charge in [0.15, 0.2) is 6.10 Å². The Morgan fingerprint density at radius 1 is 1.77 bits per heavy atom. The minimum atomic E-state index is -1.18. The fourth-order valence-electron chi connectivity index (χ4n) is 1.13. The lowest BCUT2D eigenvalue weighted by Crippen LogP contribution is -2.28. The molecule has 13 heavy (non-hydrogen) atoms. The van der Waals surface area contributed by atoms with Crippen molar-refractivity contribution in [3.63, 3.8) is 0 Å². The van der Waals surface area contributed by atoms with Crippen LogP contribution in [0.2, 0.25) is 0 Å². The van der Waals surface area contributed by atoms with Crippen LogP contribution in [-0.4, -0.2) is 24.0 Å². The van der Waals surface area contributed by atoms with Crippen molar-refractivity contribution in [2.75, 3.05) is 7.11 Å². The van der Waals surface area contributed by atoms with Gasteiger partial charge in [-0.3, -0.25) is 0 Å². The average Bonchev–Trinajstić information content (AvgIpc) is 2.17. The molecule has 0 aromatic rings. The van der Waals surface area contributed by atoms with Gasteiger partial charge in [-0.05, 0) is 6.08 Å². The monoisotopic (exact) mass is 178 g/mol. The fourth-order valence-corrected chi connectivity index (χ4v) is 1.13. The summed E-state index contributed by atoms with van der Waals surface area (Å²) in [4.78, 5) is 0. The highest BCUT2D eigenvalue weighted by Crippen LogP contribution is 2.18. The highest BCUT2D eigenvalue weighted by molar-refractivity contribution is 6.00. The van der Waals surface area contributed by atoms with Gasteiger partial charge in [-0.1, -0.05) is 12.2 Å². The van der Waals surface area contributed by atoms with Crippen molar-refractivity contribution in [1.29, 1.82) is 10.7 Å². The zero-order valence-electron chi connectivity index (χ0n) is 7.19. The van der Waals surface area contributed by atoms with Gasteiger partial charge in [0.05, 0.1) is 24.8 Å². The molecule has 4 heteroatoms. The van der Waals surface area contributed by atoms with Crippen LogP contribution in [0.1, 0.15) is 0 Å². The Kier molecular flexibility index (Phi) is 2.83. The molecule has 0 heterocycles. The van der Waals surface area contributed by atoms with Crippen LogP contribution in [-0.2, 0) is 4.74 Å². The molecule has 2 unspecified atom stereocenters. The quantitative estimate of drug-likeness (QED) is 0.608. The van der Waals surface area contributed by atoms with Crippen LogP contribution in [0.3, 0.4) is 0 Å². The first-order valence-electron chi connectivity index (χ1n) is 3.79. The number of allylic oxidation sites excluding steroid dienone is 3. The van der Waals surface area contributed by atoms with Crippen molar-refractivity contribution >= 4 is 5.71 Å². The van der Waals surface area contributed by atoms with Crippen LogP contribution >= 0.6 is 0 Å². The van der Waals surface area contributed by atoms with Gasteiger partial charge in [-0.2, -0.15) is 5.26 Å². The predicted molar refractivity (Wildman–Crippen MR) is 47.1 cm³/mol. The second kappa shape index (κ2) is 3.87. The summed E-state index contributed by atoms with van der Waals surface area (Å²) >= 11 is 0. The van der Waals surface area contributed by atoms with Crippen molar-refractivity contribution in [3.8, 4) is 6.07 Å². The summed E-state index contributed by atoms with van der Waals surface area (Å²) in [5.41, 5.74) is 0.138. The molecule has 0 fully saturated rings. The number of hydrogen-bond acceptors (Lipinski definition) is 4. The van der Waals surface area contributed by atoms with Crippen molar-refractivity contribution in [1.82, 2.24) is 0 Å². The molecule has 0 bridgehead atoms. The minimum Gasteiger partial charge on any atom is -0.495 e. The van der Waals surface area contributed by atoms with Crippen molar-refractivity contribution in [3.05, 3.63) is 24.0 Å². The Bertz CT molecular complexity index is 312. The molecule has 2 atom stereocenters. The molecule has 0 aliphatic heterocycles. The third-order valence-electron chi connectivity index (χ3n) is 1.86. The highest BCUT2D eigenvalue weighted by atomic mass is 16.5. The summed E-state index contributed by atoms with van der Waals surface area (Å²) in [6.07, 6.45) is 3.73. The molecule has 0 saturated heterocycles. The van der Waals surface area contributed by atoms with Crippen LogP contribution in [0.25, 0.3) is 0 Å². The van der Waals surface area contributed by atoms with Gasteiger partial charge in [-0.15, -0.1) is 0 Å². The van der Waals surface area contributed by atoms with E-state index in [-0.39, 0.29) is 5.71 Å². The molecule has 0 amide bonds. The Morgan fingerprint density at radius 3 is 3.00 bits per heavy atom. The number of ether oxygens (including phenoxy) is 1. The molecule has 0 saturated carbocycles. The lowest BCUT2D eigenvalue weighted by molar-refractivity contribution is 0.207. The van der Waals surface area contributed by atoms with Gasteiger partial charge >= 0.3 is 0 Å². The zero-order chi connectivity index (χ0) is 9.84. The number of aliphatic hydroxyl groups is 1. The molecule has 0 aromatic carbocycles. The summed E-state index contributed by atoms with van der Waals surface area (Å²) in [5.74, 6) is -0.188. The van der Waals surface area contributed by atoms with Crippen LogP contribution in [0, 0.1) is 22.7 Å². The van der Waals surface area contributed by atoms with Crippen molar-refractivity contribution in [2.24, 2.45) is 5.92 Å². The lowest BCUT2D eigenvalue weighted by atomic mass is 9.92. The minimum absolute atomic E-state index is 0.138. The number of aliphatic hydroxyl groups excluding tert-OH is 1. The van der Waals surface area contributed by atoms with Crippen LogP contribution in [0.5, 0.6) is 0 Å². The number of nitrogens with zero attached hydrogens (tertiary/aromatic N) is 1. The molecular formula is C9H10N2O2. The first-order chi connectivity index (χ1) is 6.20. The normalized spacial score (nSPS) is 23.3. The summed E-state index contributed by atoms with van der Waals surface area (Å²) in [6.45, 7) is 0. The summed E-state index contributed by atoms with van der Waals surface area (Å²) < 4.78 is 4.89. The van der Waals surface area contributed by atoms with E-state index >= 15 is 0 Å². The van der Waals surface area contributed by atoms with Crippen LogP contribution in [0.15, 0.2) is 24.0 Å². The number of rotatable bonds is 2. The summed E-state index contributed by atoms with van der Waals surface area (Å²) in [7, 11) is 1.45. The number of hydrogen-bond donors (Lipinski definition) is 2. The van der Waals surface area contributed by atoms with E-state index in [1.54, 1.807) is 24.3 Å². The topological polar surface area (TPSA) is 77.1 Å². The van der Waals surface area contributed by atoms with E-state index in [0.717, 1.165) is 0 Å². The maximum atomic E-state index is 9.23. The van der Waals surface area contributed by atoms with E-state index in [4.69, 9.17) is 15.4 Å². The van der Waals surface area contributed by atoms with E-state index in [1.807, 2.05) is 0 Å². The van der Waals surface area contributed by atoms with Crippen LogP contribution < -0.4 is 0 Å². The smallest absolute Gasteiger partial charge is 0.152 e. The maximum Gasteiger partial charge on any atom is 0.152 e.